The molecule has 3 heteroatoms. The monoisotopic (exact) mass is 265 g/mol. The van der Waals surface area contributed by atoms with Crippen molar-refractivity contribution in [3.63, 3.8) is 0 Å². The van der Waals surface area contributed by atoms with Gasteiger partial charge in [0.15, 0.2) is 0 Å². The average Bonchev–Trinajstić information content (AvgIpc) is 2.76. The maximum Gasteiger partial charge on any atom is 0.0553 e. The maximum atomic E-state index is 4.46. The molecule has 1 N–H and O–H groups in total. The number of hydrogen-bond donors (Lipinski definition) is 1. The zero-order valence-corrected chi connectivity index (χ0v) is 13.5. The summed E-state index contributed by atoms with van der Waals surface area (Å²) in [5, 5.41) is 8.08. The number of nitrogens with zero attached hydrogens (tertiary/aromatic N) is 2. The fourth-order valence-electron chi connectivity index (χ4n) is 2.30. The predicted octanol–water partition coefficient (Wildman–Crippen LogP) is 4.02. The molecule has 3 nitrogen and oxygen atoms in total. The molecule has 1 heterocycles. The van der Waals surface area contributed by atoms with Gasteiger partial charge in [0, 0.05) is 18.8 Å². The molecule has 0 radical (unpaired) electrons. The van der Waals surface area contributed by atoms with Gasteiger partial charge in [0.05, 0.1) is 5.69 Å². The van der Waals surface area contributed by atoms with Gasteiger partial charge < -0.3 is 5.32 Å². The molecule has 0 saturated carbocycles. The van der Waals surface area contributed by atoms with Crippen LogP contribution in [-0.4, -0.2) is 16.3 Å². The van der Waals surface area contributed by atoms with E-state index in [1.807, 2.05) is 6.20 Å². The van der Waals surface area contributed by atoms with Crippen molar-refractivity contribution in [1.82, 2.24) is 15.1 Å². The first-order valence-electron chi connectivity index (χ1n) is 7.65. The molecule has 2 atom stereocenters. The summed E-state index contributed by atoms with van der Waals surface area (Å²) in [6, 6.07) is 2.58. The van der Waals surface area contributed by atoms with Crippen molar-refractivity contribution in [1.29, 1.82) is 0 Å². The predicted molar refractivity (Wildman–Crippen MR) is 82.2 cm³/mol. The molecule has 19 heavy (non-hydrogen) atoms. The summed E-state index contributed by atoms with van der Waals surface area (Å²) in [5.74, 6) is 0.668. The Morgan fingerprint density at radius 3 is 2.53 bits per heavy atom. The van der Waals surface area contributed by atoms with E-state index in [0.29, 0.717) is 17.4 Å². The van der Waals surface area contributed by atoms with Crippen LogP contribution in [0.5, 0.6) is 0 Å². The summed E-state index contributed by atoms with van der Waals surface area (Å²) < 4.78 is 2.16. The number of hydrogen-bond acceptors (Lipinski definition) is 2. The van der Waals surface area contributed by atoms with E-state index in [-0.39, 0.29) is 0 Å². The van der Waals surface area contributed by atoms with Gasteiger partial charge in [-0.1, -0.05) is 41.5 Å². The van der Waals surface area contributed by atoms with E-state index < -0.39 is 0 Å². The fraction of sp³-hybridized carbons (Fsp3) is 0.812. The summed E-state index contributed by atoms with van der Waals surface area (Å²) in [7, 11) is 0. The lowest BCUT2D eigenvalue weighted by Gasteiger charge is -2.31. The van der Waals surface area contributed by atoms with Crippen LogP contribution in [0.1, 0.15) is 66.1 Å². The number of rotatable bonds is 7. The van der Waals surface area contributed by atoms with E-state index in [1.54, 1.807) is 0 Å². The Bertz CT molecular complexity index is 362. The number of nitrogens with one attached hydrogen (secondary N) is 1. The molecule has 0 bridgehead atoms. The van der Waals surface area contributed by atoms with Gasteiger partial charge in [0.1, 0.15) is 0 Å². The van der Waals surface area contributed by atoms with Crippen LogP contribution in [-0.2, 0) is 6.54 Å². The fourth-order valence-corrected chi connectivity index (χ4v) is 2.30. The van der Waals surface area contributed by atoms with Crippen molar-refractivity contribution in [2.75, 3.05) is 6.54 Å². The normalized spacial score (nSPS) is 15.5. The minimum Gasteiger partial charge on any atom is -0.309 e. The first-order chi connectivity index (χ1) is 8.90. The smallest absolute Gasteiger partial charge is 0.0553 e. The summed E-state index contributed by atoms with van der Waals surface area (Å²) in [6.07, 6.45) is 4.21. The maximum absolute atomic E-state index is 4.46. The first-order valence-corrected chi connectivity index (χ1v) is 7.65. The molecule has 0 spiro atoms. The highest BCUT2D eigenvalue weighted by molar-refractivity contribution is 5.07. The van der Waals surface area contributed by atoms with Gasteiger partial charge in [0.2, 0.25) is 0 Å². The lowest BCUT2D eigenvalue weighted by atomic mass is 9.78. The van der Waals surface area contributed by atoms with Crippen molar-refractivity contribution >= 4 is 0 Å². The third-order valence-corrected chi connectivity index (χ3v) is 4.06. The Morgan fingerprint density at radius 1 is 1.32 bits per heavy atom. The standard InChI is InChI=1S/C16H31N3/c1-7-11-19-15(9-10-18-19)14(17-8-2)12-13(3)16(4,5)6/h9-10,13-14,17H,7-8,11-12H2,1-6H3. The summed E-state index contributed by atoms with van der Waals surface area (Å²) in [5.41, 5.74) is 1.68. The molecular weight excluding hydrogens is 234 g/mol. The minimum atomic E-state index is 0.350. The Balaban J connectivity index is 2.84. The highest BCUT2D eigenvalue weighted by atomic mass is 15.3. The van der Waals surface area contributed by atoms with Crippen molar-refractivity contribution in [3.05, 3.63) is 18.0 Å². The molecule has 2 unspecified atom stereocenters. The van der Waals surface area contributed by atoms with Gasteiger partial charge in [-0.15, -0.1) is 0 Å². The van der Waals surface area contributed by atoms with Crippen LogP contribution in [0.15, 0.2) is 12.3 Å². The van der Waals surface area contributed by atoms with Crippen molar-refractivity contribution in [2.24, 2.45) is 11.3 Å². The van der Waals surface area contributed by atoms with Crippen LogP contribution in [0.25, 0.3) is 0 Å². The Labute approximate surface area is 118 Å². The van der Waals surface area contributed by atoms with Gasteiger partial charge in [-0.25, -0.2) is 0 Å². The van der Waals surface area contributed by atoms with E-state index in [1.165, 1.54) is 5.69 Å². The lowest BCUT2D eigenvalue weighted by molar-refractivity contribution is 0.220. The van der Waals surface area contributed by atoms with Crippen molar-refractivity contribution < 1.29 is 0 Å². The Kier molecular flexibility index (Phi) is 6.05. The second-order valence-corrected chi connectivity index (χ2v) is 6.59. The molecule has 110 valence electrons. The molecule has 0 amide bonds. The van der Waals surface area contributed by atoms with E-state index in [2.05, 4.69) is 62.7 Å². The largest absolute Gasteiger partial charge is 0.309 e. The van der Waals surface area contributed by atoms with Crippen molar-refractivity contribution in [2.45, 2.75) is 67.0 Å². The Morgan fingerprint density at radius 2 is 2.00 bits per heavy atom. The molecule has 0 aromatic carbocycles. The third kappa shape index (κ3) is 4.64. The Hall–Kier alpha value is -0.830. The van der Waals surface area contributed by atoms with Crippen LogP contribution in [0, 0.1) is 11.3 Å². The molecule has 1 aromatic rings. The van der Waals surface area contributed by atoms with Gasteiger partial charge >= 0.3 is 0 Å². The van der Waals surface area contributed by atoms with E-state index in [4.69, 9.17) is 0 Å². The first kappa shape index (κ1) is 16.2. The van der Waals surface area contributed by atoms with Gasteiger partial charge in [0.25, 0.3) is 0 Å². The quantitative estimate of drug-likeness (QED) is 0.807. The van der Waals surface area contributed by atoms with E-state index in [0.717, 1.165) is 25.9 Å². The SMILES string of the molecule is CCCn1nccc1C(CC(C)C(C)(C)C)NCC. The molecule has 0 fully saturated rings. The highest BCUT2D eigenvalue weighted by Gasteiger charge is 2.25. The average molecular weight is 265 g/mol. The molecule has 1 aromatic heterocycles. The summed E-state index contributed by atoms with van der Waals surface area (Å²) in [4.78, 5) is 0. The van der Waals surface area contributed by atoms with Crippen LogP contribution in [0.4, 0.5) is 0 Å². The molecule has 0 aliphatic carbocycles. The number of aryl methyl sites for hydroxylation is 1. The zero-order chi connectivity index (χ0) is 14.5. The van der Waals surface area contributed by atoms with E-state index in [9.17, 15) is 0 Å². The molecule has 0 aliphatic heterocycles. The lowest BCUT2D eigenvalue weighted by Crippen LogP contribution is -2.29. The van der Waals surface area contributed by atoms with Gasteiger partial charge in [-0.05, 0) is 36.8 Å². The van der Waals surface area contributed by atoms with E-state index >= 15 is 0 Å². The van der Waals surface area contributed by atoms with Crippen molar-refractivity contribution in [3.8, 4) is 0 Å². The number of aromatic nitrogens is 2. The second kappa shape index (κ2) is 7.09. The molecule has 0 aliphatic rings. The van der Waals surface area contributed by atoms with Gasteiger partial charge in [-0.2, -0.15) is 5.10 Å². The zero-order valence-electron chi connectivity index (χ0n) is 13.5. The van der Waals surface area contributed by atoms with Crippen LogP contribution in [0.3, 0.4) is 0 Å². The van der Waals surface area contributed by atoms with Gasteiger partial charge in [-0.3, -0.25) is 4.68 Å². The van der Waals surface area contributed by atoms with Crippen LogP contribution >= 0.6 is 0 Å². The summed E-state index contributed by atoms with van der Waals surface area (Å²) >= 11 is 0. The summed E-state index contributed by atoms with van der Waals surface area (Å²) in [6.45, 7) is 15.7. The highest BCUT2D eigenvalue weighted by Crippen LogP contribution is 2.33. The third-order valence-electron chi connectivity index (χ3n) is 4.06. The topological polar surface area (TPSA) is 29.9 Å². The molecular formula is C16H31N3. The van der Waals surface area contributed by atoms with Crippen LogP contribution in [0.2, 0.25) is 0 Å². The second-order valence-electron chi connectivity index (χ2n) is 6.59. The molecule has 0 saturated heterocycles. The molecule has 1 rings (SSSR count). The van der Waals surface area contributed by atoms with Crippen LogP contribution < -0.4 is 5.32 Å². The minimum absolute atomic E-state index is 0.350.